The van der Waals surface area contributed by atoms with E-state index >= 15 is 0 Å². The van der Waals surface area contributed by atoms with Crippen molar-refractivity contribution < 1.29 is 36.9 Å². The number of hydrogen-bond acceptors (Lipinski definition) is 6. The molecule has 4 rings (SSSR count). The molecule has 0 unspecified atom stereocenters. The fourth-order valence-electron chi connectivity index (χ4n) is 4.68. The zero-order chi connectivity index (χ0) is 25.9. The third-order valence-corrected chi connectivity index (χ3v) is 6.20. The number of anilines is 2. The summed E-state index contributed by atoms with van der Waals surface area (Å²) in [5.74, 6) is 0.169. The van der Waals surface area contributed by atoms with E-state index in [1.165, 1.54) is 26.4 Å². The van der Waals surface area contributed by atoms with E-state index < -0.39 is 23.2 Å². The van der Waals surface area contributed by atoms with Gasteiger partial charge in [0.1, 0.15) is 12.4 Å². The van der Waals surface area contributed by atoms with E-state index in [0.29, 0.717) is 29.2 Å². The van der Waals surface area contributed by atoms with E-state index in [-0.39, 0.29) is 25.4 Å². The van der Waals surface area contributed by atoms with Crippen molar-refractivity contribution in [3.8, 4) is 11.5 Å². The molecule has 0 saturated heterocycles. The second-order valence-corrected chi connectivity index (χ2v) is 8.78. The van der Waals surface area contributed by atoms with Crippen LogP contribution in [0.3, 0.4) is 0 Å². The summed E-state index contributed by atoms with van der Waals surface area (Å²) >= 11 is 0. The third-order valence-electron chi connectivity index (χ3n) is 6.20. The summed E-state index contributed by atoms with van der Waals surface area (Å²) in [7, 11) is 2.94. The van der Waals surface area contributed by atoms with Crippen molar-refractivity contribution in [1.29, 1.82) is 0 Å². The van der Waals surface area contributed by atoms with Gasteiger partial charge in [0, 0.05) is 38.8 Å². The van der Waals surface area contributed by atoms with Crippen LogP contribution in [0.1, 0.15) is 24.5 Å². The van der Waals surface area contributed by atoms with Gasteiger partial charge in [0.25, 0.3) is 0 Å². The predicted octanol–water partition coefficient (Wildman–Crippen LogP) is 4.76. The van der Waals surface area contributed by atoms with E-state index in [2.05, 4.69) is 10.2 Å². The topological polar surface area (TPSA) is 69.3 Å². The minimum atomic E-state index is -4.54. The van der Waals surface area contributed by atoms with E-state index in [0.717, 1.165) is 30.9 Å². The van der Waals surface area contributed by atoms with Gasteiger partial charge in [-0.3, -0.25) is 4.79 Å². The number of hydrogen-bond donors (Lipinski definition) is 1. The Morgan fingerprint density at radius 2 is 1.94 bits per heavy atom. The number of methoxy groups -OCH3 is 2. The first kappa shape index (κ1) is 25.8. The van der Waals surface area contributed by atoms with Gasteiger partial charge in [0.15, 0.2) is 11.4 Å². The second kappa shape index (κ2) is 10.4. The Morgan fingerprint density at radius 1 is 1.19 bits per heavy atom. The number of fused-ring (bicyclic) bond motifs is 2. The number of benzene rings is 2. The van der Waals surface area contributed by atoms with Crippen LogP contribution in [0.25, 0.3) is 5.57 Å². The highest BCUT2D eigenvalue weighted by atomic mass is 19.4. The first-order valence-electron chi connectivity index (χ1n) is 11.6. The van der Waals surface area contributed by atoms with Gasteiger partial charge in [-0.15, -0.1) is 0 Å². The van der Waals surface area contributed by atoms with Gasteiger partial charge in [-0.25, -0.2) is 0 Å². The molecule has 2 aliphatic rings. The lowest BCUT2D eigenvalue weighted by Crippen LogP contribution is -2.47. The number of halogens is 3. The number of nitrogens with zero attached hydrogens (tertiary/aromatic N) is 1. The highest BCUT2D eigenvalue weighted by molar-refractivity contribution is 6.06. The molecule has 0 spiro atoms. The summed E-state index contributed by atoms with van der Waals surface area (Å²) in [6.45, 7) is 4.21. The van der Waals surface area contributed by atoms with E-state index in [9.17, 15) is 18.0 Å². The number of carbonyl (C=O) groups is 1. The molecule has 194 valence electrons. The second-order valence-electron chi connectivity index (χ2n) is 8.78. The van der Waals surface area contributed by atoms with Crippen molar-refractivity contribution in [2.45, 2.75) is 25.1 Å². The molecule has 0 aromatic heterocycles. The minimum Gasteiger partial charge on any atom is -0.487 e. The Labute approximate surface area is 207 Å². The molecule has 7 nitrogen and oxygen atoms in total. The van der Waals surface area contributed by atoms with Crippen LogP contribution in [0, 0.1) is 0 Å². The van der Waals surface area contributed by atoms with Crippen LogP contribution in [-0.4, -0.2) is 58.6 Å². The van der Waals surface area contributed by atoms with Gasteiger partial charge < -0.3 is 29.2 Å². The van der Waals surface area contributed by atoms with Crippen LogP contribution < -0.4 is 19.7 Å². The van der Waals surface area contributed by atoms with Crippen molar-refractivity contribution >= 4 is 22.9 Å². The average Bonchev–Trinajstić information content (AvgIpc) is 2.83. The number of carbonyl (C=O) groups excluding carboxylic acids is 1. The van der Waals surface area contributed by atoms with E-state index in [1.807, 2.05) is 19.1 Å². The van der Waals surface area contributed by atoms with Crippen LogP contribution in [-0.2, 0) is 20.4 Å². The van der Waals surface area contributed by atoms with Crippen LogP contribution in [0.15, 0.2) is 42.5 Å². The maximum Gasteiger partial charge on any atom is 0.416 e. The number of amides is 1. The largest absolute Gasteiger partial charge is 0.487 e. The van der Waals surface area contributed by atoms with Crippen LogP contribution in [0.5, 0.6) is 11.5 Å². The quantitative estimate of drug-likeness (QED) is 0.547. The number of alkyl halides is 3. The first-order chi connectivity index (χ1) is 17.2. The van der Waals surface area contributed by atoms with Gasteiger partial charge >= 0.3 is 6.18 Å². The maximum atomic E-state index is 13.4. The van der Waals surface area contributed by atoms with E-state index in [1.54, 1.807) is 6.07 Å². The molecule has 1 N–H and O–H groups in total. The first-order valence-corrected chi connectivity index (χ1v) is 11.6. The molecule has 0 saturated carbocycles. The van der Waals surface area contributed by atoms with Crippen molar-refractivity contribution in [3.05, 3.63) is 53.6 Å². The molecule has 36 heavy (non-hydrogen) atoms. The zero-order valence-corrected chi connectivity index (χ0v) is 20.4. The summed E-state index contributed by atoms with van der Waals surface area (Å²) in [4.78, 5) is 15.3. The summed E-state index contributed by atoms with van der Waals surface area (Å²) in [5.41, 5.74) is 0.395. The molecule has 0 bridgehead atoms. The molecule has 0 atom stereocenters. The standard InChI is InChI=1S/C26H29F3N2O5/c1-4-31-10-11-35-24-20(6-5-7-21(24)31)30-23(32)12-17-14-25(15-33-2,16-34-3)36-22-13-18(26(27,28)29)8-9-19(17)22/h5-9,12-13H,4,10-11,14-16H2,1-3H3,(H,30,32). The number of ether oxygens (including phenoxy) is 4. The highest BCUT2D eigenvalue weighted by Gasteiger charge is 2.41. The molecule has 2 aromatic rings. The smallest absolute Gasteiger partial charge is 0.416 e. The van der Waals surface area contributed by atoms with Crippen LogP contribution in [0.2, 0.25) is 0 Å². The number of likely N-dealkylation sites (N-methyl/N-ethyl adjacent to an activating group) is 1. The van der Waals surface area contributed by atoms with Gasteiger partial charge in [0.05, 0.1) is 36.7 Å². The Balaban J connectivity index is 1.70. The summed E-state index contributed by atoms with van der Waals surface area (Å²) in [5, 5.41) is 2.87. The average molecular weight is 507 g/mol. The predicted molar refractivity (Wildman–Crippen MR) is 130 cm³/mol. The molecular weight excluding hydrogens is 477 g/mol. The lowest BCUT2D eigenvalue weighted by molar-refractivity contribution is -0.138. The van der Waals surface area contributed by atoms with Gasteiger partial charge in [-0.2, -0.15) is 13.2 Å². The van der Waals surface area contributed by atoms with Crippen molar-refractivity contribution in [3.63, 3.8) is 0 Å². The molecule has 2 heterocycles. The van der Waals surface area contributed by atoms with Gasteiger partial charge in [-0.1, -0.05) is 12.1 Å². The third kappa shape index (κ3) is 5.29. The van der Waals surface area contributed by atoms with Crippen LogP contribution >= 0.6 is 0 Å². The van der Waals surface area contributed by atoms with E-state index in [4.69, 9.17) is 18.9 Å². The summed E-state index contributed by atoms with van der Waals surface area (Å²) in [6.07, 6.45) is -2.96. The fourth-order valence-corrected chi connectivity index (χ4v) is 4.68. The van der Waals surface area contributed by atoms with Crippen molar-refractivity contribution in [2.24, 2.45) is 0 Å². The molecule has 0 aliphatic carbocycles. The summed E-state index contributed by atoms with van der Waals surface area (Å²) in [6, 6.07) is 8.78. The maximum absolute atomic E-state index is 13.4. The van der Waals surface area contributed by atoms with Crippen LogP contribution in [0.4, 0.5) is 24.5 Å². The molecule has 1 amide bonds. The Bertz CT molecular complexity index is 1140. The van der Waals surface area contributed by atoms with Gasteiger partial charge in [-0.05, 0) is 36.8 Å². The SMILES string of the molecule is CCN1CCOc2c(NC(=O)C=C3CC(COC)(COC)Oc4cc(C(F)(F)F)ccc43)cccc21. The Morgan fingerprint density at radius 3 is 2.61 bits per heavy atom. The Hall–Kier alpha value is -3.24. The molecule has 0 fully saturated rings. The Kier molecular flexibility index (Phi) is 7.46. The number of nitrogens with one attached hydrogen (secondary N) is 1. The molecular formula is C26H29F3N2O5. The lowest BCUT2D eigenvalue weighted by Gasteiger charge is -2.39. The molecule has 2 aliphatic heterocycles. The molecule has 2 aromatic carbocycles. The number of para-hydroxylation sites is 1. The lowest BCUT2D eigenvalue weighted by atomic mass is 9.86. The van der Waals surface area contributed by atoms with Crippen molar-refractivity contribution in [1.82, 2.24) is 0 Å². The number of rotatable bonds is 7. The molecule has 10 heteroatoms. The monoisotopic (exact) mass is 506 g/mol. The fraction of sp³-hybridized carbons (Fsp3) is 0.423. The molecule has 0 radical (unpaired) electrons. The highest BCUT2D eigenvalue weighted by Crippen LogP contribution is 2.44. The zero-order valence-electron chi connectivity index (χ0n) is 20.4. The van der Waals surface area contributed by atoms with Gasteiger partial charge in [0.2, 0.25) is 5.91 Å². The van der Waals surface area contributed by atoms with Crippen molar-refractivity contribution in [2.75, 3.05) is 57.3 Å². The normalized spacial score (nSPS) is 17.6. The minimum absolute atomic E-state index is 0.0169. The summed E-state index contributed by atoms with van der Waals surface area (Å²) < 4.78 is 62.6.